The summed E-state index contributed by atoms with van der Waals surface area (Å²) in [6.45, 7) is 7.13. The van der Waals surface area contributed by atoms with E-state index in [1.54, 1.807) is 0 Å². The number of carbonyl (C=O) groups excluding carboxylic acids is 3. The molecule has 1 saturated carbocycles. The van der Waals surface area contributed by atoms with Gasteiger partial charge in [0.1, 0.15) is 5.78 Å². The van der Waals surface area contributed by atoms with Crippen LogP contribution in [0.25, 0.3) is 0 Å². The second-order valence-corrected chi connectivity index (χ2v) is 8.40. The molecule has 0 aromatic heterocycles. The molecule has 0 spiro atoms. The van der Waals surface area contributed by atoms with Crippen molar-refractivity contribution in [3.63, 3.8) is 0 Å². The van der Waals surface area contributed by atoms with Crippen LogP contribution >= 0.6 is 0 Å². The monoisotopic (exact) mass is 420 g/mol. The topological polar surface area (TPSA) is 80.7 Å². The summed E-state index contributed by atoms with van der Waals surface area (Å²) in [7, 11) is 0. The zero-order chi connectivity index (χ0) is 22.4. The number of carbonyl (C=O) groups is 3. The molecule has 1 N–H and O–H groups in total. The highest BCUT2D eigenvalue weighted by Crippen LogP contribution is 2.34. The summed E-state index contributed by atoms with van der Waals surface area (Å²) >= 11 is 0. The van der Waals surface area contributed by atoms with Crippen LogP contribution < -0.4 is 0 Å². The SMILES string of the molecule is C=CC(CCCCC[C@H]1C(=O)CC[C@@H]1C=CCCCCCC)C(=O)C(=O)OC(C)O. The van der Waals surface area contributed by atoms with E-state index in [2.05, 4.69) is 30.4 Å². The molecule has 0 bridgehead atoms. The van der Waals surface area contributed by atoms with Crippen LogP contribution in [0.15, 0.2) is 24.8 Å². The second kappa shape index (κ2) is 15.1. The Balaban J connectivity index is 2.32. The van der Waals surface area contributed by atoms with E-state index in [0.717, 1.165) is 38.5 Å². The summed E-state index contributed by atoms with van der Waals surface area (Å²) < 4.78 is 4.55. The number of unbranched alkanes of at least 4 members (excludes halogenated alkanes) is 6. The summed E-state index contributed by atoms with van der Waals surface area (Å²) in [6.07, 6.45) is 16.5. The molecule has 1 aliphatic carbocycles. The van der Waals surface area contributed by atoms with Gasteiger partial charge in [-0.1, -0.05) is 63.7 Å². The highest BCUT2D eigenvalue weighted by molar-refractivity contribution is 6.34. The van der Waals surface area contributed by atoms with Crippen molar-refractivity contribution in [2.24, 2.45) is 17.8 Å². The maximum Gasteiger partial charge on any atom is 0.377 e. The molecule has 1 rings (SSSR count). The molecule has 5 heteroatoms. The van der Waals surface area contributed by atoms with Crippen molar-refractivity contribution in [3.8, 4) is 0 Å². The Kier molecular flexibility index (Phi) is 13.2. The molecule has 0 radical (unpaired) electrons. The third kappa shape index (κ3) is 9.84. The Hall–Kier alpha value is -1.75. The van der Waals surface area contributed by atoms with Gasteiger partial charge in [0.05, 0.1) is 0 Å². The van der Waals surface area contributed by atoms with Crippen LogP contribution in [0.3, 0.4) is 0 Å². The summed E-state index contributed by atoms with van der Waals surface area (Å²) in [6, 6.07) is 0. The molecule has 0 aliphatic heterocycles. The Morgan fingerprint density at radius 1 is 1.20 bits per heavy atom. The lowest BCUT2D eigenvalue weighted by atomic mass is 9.88. The van der Waals surface area contributed by atoms with E-state index >= 15 is 0 Å². The number of allylic oxidation sites excluding steroid dienone is 3. The average molecular weight is 421 g/mol. The minimum absolute atomic E-state index is 0.134. The lowest BCUT2D eigenvalue weighted by molar-refractivity contribution is -0.171. The first-order valence-corrected chi connectivity index (χ1v) is 11.7. The zero-order valence-electron chi connectivity index (χ0n) is 18.8. The normalized spacial score (nSPS) is 21.0. The van der Waals surface area contributed by atoms with E-state index < -0.39 is 24.0 Å². The second-order valence-electron chi connectivity index (χ2n) is 8.40. The number of rotatable bonds is 16. The van der Waals surface area contributed by atoms with Crippen LogP contribution in [-0.2, 0) is 19.1 Å². The van der Waals surface area contributed by atoms with Crippen molar-refractivity contribution in [1.82, 2.24) is 0 Å². The lowest BCUT2D eigenvalue weighted by Crippen LogP contribution is -2.27. The lowest BCUT2D eigenvalue weighted by Gasteiger charge is -2.15. The van der Waals surface area contributed by atoms with Crippen LogP contribution in [0.4, 0.5) is 0 Å². The minimum atomic E-state index is -1.30. The van der Waals surface area contributed by atoms with Gasteiger partial charge in [0.25, 0.3) is 0 Å². The van der Waals surface area contributed by atoms with Gasteiger partial charge in [-0.2, -0.15) is 0 Å². The number of hydrogen-bond acceptors (Lipinski definition) is 5. The van der Waals surface area contributed by atoms with Crippen LogP contribution in [0.5, 0.6) is 0 Å². The van der Waals surface area contributed by atoms with E-state index in [1.807, 2.05) is 0 Å². The van der Waals surface area contributed by atoms with E-state index in [0.29, 0.717) is 24.5 Å². The van der Waals surface area contributed by atoms with Crippen molar-refractivity contribution in [2.75, 3.05) is 0 Å². The highest BCUT2D eigenvalue weighted by Gasteiger charge is 2.32. The van der Waals surface area contributed by atoms with E-state index in [9.17, 15) is 14.4 Å². The van der Waals surface area contributed by atoms with Crippen LogP contribution in [-0.4, -0.2) is 28.9 Å². The van der Waals surface area contributed by atoms with Gasteiger partial charge < -0.3 is 9.84 Å². The maximum absolute atomic E-state index is 12.3. The van der Waals surface area contributed by atoms with Gasteiger partial charge in [0.15, 0.2) is 6.29 Å². The fourth-order valence-electron chi connectivity index (χ4n) is 4.13. The van der Waals surface area contributed by atoms with Crippen molar-refractivity contribution >= 4 is 17.5 Å². The van der Waals surface area contributed by atoms with Crippen molar-refractivity contribution in [3.05, 3.63) is 24.8 Å². The van der Waals surface area contributed by atoms with Gasteiger partial charge in [-0.3, -0.25) is 9.59 Å². The van der Waals surface area contributed by atoms with Crippen LogP contribution in [0.2, 0.25) is 0 Å². The van der Waals surface area contributed by atoms with Crippen molar-refractivity contribution in [1.29, 1.82) is 0 Å². The van der Waals surface area contributed by atoms with E-state index in [1.165, 1.54) is 38.7 Å². The van der Waals surface area contributed by atoms with Gasteiger partial charge in [-0.05, 0) is 44.9 Å². The van der Waals surface area contributed by atoms with Crippen LogP contribution in [0.1, 0.15) is 90.9 Å². The molecule has 0 saturated heterocycles. The summed E-state index contributed by atoms with van der Waals surface area (Å²) in [5.41, 5.74) is 0. The number of esters is 1. The molecule has 170 valence electrons. The Bertz CT molecular complexity index is 578. The van der Waals surface area contributed by atoms with E-state index in [-0.39, 0.29) is 5.92 Å². The third-order valence-corrected chi connectivity index (χ3v) is 5.89. The molecule has 30 heavy (non-hydrogen) atoms. The number of hydrogen-bond donors (Lipinski definition) is 1. The molecule has 4 atom stereocenters. The molecule has 1 aliphatic rings. The molecule has 0 aromatic carbocycles. The van der Waals surface area contributed by atoms with Gasteiger partial charge in [0, 0.05) is 18.3 Å². The number of aliphatic hydroxyl groups is 1. The standard InChI is InChI=1S/C25H40O5/c1-4-6-7-8-9-11-15-21-17-18-23(27)22(21)16-13-10-12-14-20(5-2)24(28)25(29)30-19(3)26/h5,11,15,19-22,26H,2,4,6-10,12-14,16-18H2,1,3H3/t19?,20?,21-,22+/m0/s1. The van der Waals surface area contributed by atoms with E-state index in [4.69, 9.17) is 5.11 Å². The first-order chi connectivity index (χ1) is 14.4. The molecule has 0 heterocycles. The zero-order valence-corrected chi connectivity index (χ0v) is 18.8. The van der Waals surface area contributed by atoms with Gasteiger partial charge in [-0.15, -0.1) is 6.58 Å². The first kappa shape index (κ1) is 26.3. The smallest absolute Gasteiger partial charge is 0.377 e. The third-order valence-electron chi connectivity index (χ3n) is 5.89. The fraction of sp³-hybridized carbons (Fsp3) is 0.720. The minimum Gasteiger partial charge on any atom is -0.431 e. The molecular formula is C25H40O5. The quantitative estimate of drug-likeness (QED) is 0.120. The first-order valence-electron chi connectivity index (χ1n) is 11.7. The average Bonchev–Trinajstić information content (AvgIpc) is 3.06. The van der Waals surface area contributed by atoms with Gasteiger partial charge in [0.2, 0.25) is 5.78 Å². The fourth-order valence-corrected chi connectivity index (χ4v) is 4.13. The van der Waals surface area contributed by atoms with Crippen molar-refractivity contribution < 1.29 is 24.2 Å². The highest BCUT2D eigenvalue weighted by atomic mass is 16.6. The molecule has 1 fully saturated rings. The van der Waals surface area contributed by atoms with Crippen molar-refractivity contribution in [2.45, 2.75) is 97.2 Å². The maximum atomic E-state index is 12.3. The van der Waals surface area contributed by atoms with Gasteiger partial charge >= 0.3 is 5.97 Å². The molecule has 0 aromatic rings. The van der Waals surface area contributed by atoms with Crippen LogP contribution in [0, 0.1) is 17.8 Å². The summed E-state index contributed by atoms with van der Waals surface area (Å²) in [4.78, 5) is 35.9. The molecule has 0 amide bonds. The molecule has 2 unspecified atom stereocenters. The number of aliphatic hydroxyl groups excluding tert-OH is 1. The summed E-state index contributed by atoms with van der Waals surface area (Å²) in [5.74, 6) is -1.38. The number of ketones is 2. The molecular weight excluding hydrogens is 380 g/mol. The Labute approximate surface area is 182 Å². The predicted molar refractivity (Wildman–Crippen MR) is 119 cm³/mol. The summed E-state index contributed by atoms with van der Waals surface area (Å²) in [5, 5.41) is 9.07. The predicted octanol–water partition coefficient (Wildman–Crippen LogP) is 5.31. The molecule has 5 nitrogen and oxygen atoms in total. The largest absolute Gasteiger partial charge is 0.431 e. The Morgan fingerprint density at radius 3 is 2.60 bits per heavy atom. The number of Topliss-reactive ketones (excluding diaryl/α,β-unsaturated/α-hetero) is 2. The van der Waals surface area contributed by atoms with Gasteiger partial charge in [-0.25, -0.2) is 4.79 Å². The number of ether oxygens (including phenoxy) is 1. The Morgan fingerprint density at radius 2 is 1.93 bits per heavy atom.